The number of hydrogen-bond donors (Lipinski definition) is 1. The van der Waals surface area contributed by atoms with Gasteiger partial charge in [0, 0.05) is 10.9 Å². The van der Waals surface area contributed by atoms with Gasteiger partial charge in [0.1, 0.15) is 5.76 Å². The summed E-state index contributed by atoms with van der Waals surface area (Å²) in [6.07, 6.45) is 0. The van der Waals surface area contributed by atoms with Gasteiger partial charge in [-0.2, -0.15) is 0 Å². The number of halogens is 1. The van der Waals surface area contributed by atoms with Gasteiger partial charge in [0.25, 0.3) is 0 Å². The van der Waals surface area contributed by atoms with Crippen LogP contribution in [0.1, 0.15) is 37.7 Å². The molecule has 0 aliphatic carbocycles. The van der Waals surface area contributed by atoms with Gasteiger partial charge in [-0.05, 0) is 24.0 Å². The summed E-state index contributed by atoms with van der Waals surface area (Å²) in [7, 11) is 0. The van der Waals surface area contributed by atoms with Gasteiger partial charge < -0.3 is 10.2 Å². The highest BCUT2D eigenvalue weighted by Gasteiger charge is 2.26. The minimum absolute atomic E-state index is 0.113. The van der Waals surface area contributed by atoms with Crippen LogP contribution in [0.25, 0.3) is 11.0 Å². The van der Waals surface area contributed by atoms with Crippen LogP contribution in [0.3, 0.4) is 0 Å². The van der Waals surface area contributed by atoms with Crippen molar-refractivity contribution in [3.05, 3.63) is 34.8 Å². The van der Waals surface area contributed by atoms with Crippen LogP contribution in [0.4, 0.5) is 4.39 Å². The first-order valence-electron chi connectivity index (χ1n) is 5.77. The average Bonchev–Trinajstić information content (AvgIpc) is 2.63. The fourth-order valence-corrected chi connectivity index (χ4v) is 2.32. The number of aryl methyl sites for hydroxylation is 1. The van der Waals surface area contributed by atoms with E-state index in [2.05, 4.69) is 20.8 Å². The lowest BCUT2D eigenvalue weighted by Gasteiger charge is -2.19. The number of fused-ring (bicyclic) bond motifs is 1. The van der Waals surface area contributed by atoms with Crippen LogP contribution in [-0.4, -0.2) is 0 Å². The van der Waals surface area contributed by atoms with E-state index in [0.717, 1.165) is 16.5 Å². The molecule has 2 aromatic rings. The highest BCUT2D eigenvalue weighted by atomic mass is 19.1. The van der Waals surface area contributed by atoms with Gasteiger partial charge in [0.05, 0.1) is 6.54 Å². The number of rotatable bonds is 1. The molecule has 0 radical (unpaired) electrons. The molecular weight excluding hydrogens is 217 g/mol. The van der Waals surface area contributed by atoms with E-state index in [1.807, 2.05) is 6.92 Å². The summed E-state index contributed by atoms with van der Waals surface area (Å²) in [5, 5.41) is 0.873. The van der Waals surface area contributed by atoms with Crippen molar-refractivity contribution in [1.29, 1.82) is 0 Å². The van der Waals surface area contributed by atoms with Crippen molar-refractivity contribution in [2.45, 2.75) is 39.7 Å². The van der Waals surface area contributed by atoms with E-state index in [4.69, 9.17) is 10.2 Å². The molecule has 0 atom stereocenters. The first-order chi connectivity index (χ1) is 7.86. The highest BCUT2D eigenvalue weighted by molar-refractivity contribution is 5.87. The predicted octanol–water partition coefficient (Wildman–Crippen LogP) is 3.64. The third-order valence-corrected chi connectivity index (χ3v) is 3.01. The van der Waals surface area contributed by atoms with Gasteiger partial charge in [-0.3, -0.25) is 0 Å². The lowest BCUT2D eigenvalue weighted by atomic mass is 9.83. The summed E-state index contributed by atoms with van der Waals surface area (Å²) in [6.45, 7) is 8.51. The quantitative estimate of drug-likeness (QED) is 0.819. The van der Waals surface area contributed by atoms with Crippen molar-refractivity contribution in [3.63, 3.8) is 0 Å². The Morgan fingerprint density at radius 2 is 1.94 bits per heavy atom. The zero-order chi connectivity index (χ0) is 12.8. The molecule has 0 saturated heterocycles. The molecule has 0 bridgehead atoms. The summed E-state index contributed by atoms with van der Waals surface area (Å²) in [6, 6.07) is 3.22. The van der Waals surface area contributed by atoms with Gasteiger partial charge in [-0.15, -0.1) is 0 Å². The van der Waals surface area contributed by atoms with Crippen molar-refractivity contribution < 1.29 is 8.81 Å². The Morgan fingerprint density at radius 3 is 2.47 bits per heavy atom. The molecule has 1 heterocycles. The second-order valence-electron chi connectivity index (χ2n) is 5.42. The third-order valence-electron chi connectivity index (χ3n) is 3.01. The zero-order valence-electron chi connectivity index (χ0n) is 10.7. The molecule has 0 aliphatic rings. The van der Waals surface area contributed by atoms with Gasteiger partial charge in [0.2, 0.25) is 0 Å². The van der Waals surface area contributed by atoms with Crippen molar-refractivity contribution in [2.75, 3.05) is 0 Å². The summed E-state index contributed by atoms with van der Waals surface area (Å²) in [4.78, 5) is 0. The van der Waals surface area contributed by atoms with Crippen molar-refractivity contribution in [2.24, 2.45) is 5.73 Å². The first-order valence-corrected chi connectivity index (χ1v) is 5.77. The topological polar surface area (TPSA) is 39.2 Å². The second kappa shape index (κ2) is 3.84. The first kappa shape index (κ1) is 12.1. The standard InChI is InChI=1S/C14H18FNO/c1-8-5-6-9(15)13-11(8)12(14(2,3)4)10(7-16)17-13/h5-6H,7,16H2,1-4H3. The van der Waals surface area contributed by atoms with Crippen LogP contribution in [0, 0.1) is 12.7 Å². The fourth-order valence-electron chi connectivity index (χ4n) is 2.32. The predicted molar refractivity (Wildman–Crippen MR) is 67.5 cm³/mol. The van der Waals surface area contributed by atoms with E-state index in [9.17, 15) is 4.39 Å². The van der Waals surface area contributed by atoms with E-state index >= 15 is 0 Å². The Balaban J connectivity index is 2.93. The molecule has 1 aromatic carbocycles. The maximum absolute atomic E-state index is 13.7. The molecule has 92 valence electrons. The average molecular weight is 235 g/mol. The Bertz CT molecular complexity index is 564. The minimum Gasteiger partial charge on any atom is -0.456 e. The summed E-state index contributed by atoms with van der Waals surface area (Å²) < 4.78 is 19.3. The van der Waals surface area contributed by atoms with E-state index in [1.165, 1.54) is 6.07 Å². The van der Waals surface area contributed by atoms with Crippen LogP contribution in [0.2, 0.25) is 0 Å². The van der Waals surface area contributed by atoms with Crippen molar-refractivity contribution in [3.8, 4) is 0 Å². The van der Waals surface area contributed by atoms with Gasteiger partial charge in [-0.1, -0.05) is 26.8 Å². The fraction of sp³-hybridized carbons (Fsp3) is 0.429. The lowest BCUT2D eigenvalue weighted by molar-refractivity contribution is 0.496. The maximum atomic E-state index is 13.7. The molecule has 2 N–H and O–H groups in total. The van der Waals surface area contributed by atoms with Gasteiger partial charge in [-0.25, -0.2) is 4.39 Å². The van der Waals surface area contributed by atoms with Gasteiger partial charge in [0.15, 0.2) is 11.4 Å². The molecule has 0 aliphatic heterocycles. The normalized spacial score (nSPS) is 12.4. The van der Waals surface area contributed by atoms with E-state index in [0.29, 0.717) is 17.9 Å². The molecule has 0 unspecified atom stereocenters. The Labute approximate surface area is 101 Å². The largest absolute Gasteiger partial charge is 0.456 e. The molecular formula is C14H18FNO. The Kier molecular flexibility index (Phi) is 2.74. The van der Waals surface area contributed by atoms with Crippen molar-refractivity contribution in [1.82, 2.24) is 0 Å². The smallest absolute Gasteiger partial charge is 0.170 e. The lowest BCUT2D eigenvalue weighted by Crippen LogP contribution is -2.14. The summed E-state index contributed by atoms with van der Waals surface area (Å²) in [5.74, 6) is 0.358. The summed E-state index contributed by atoms with van der Waals surface area (Å²) in [5.41, 5.74) is 7.95. The third kappa shape index (κ3) is 1.84. The van der Waals surface area contributed by atoms with Crippen molar-refractivity contribution >= 4 is 11.0 Å². The van der Waals surface area contributed by atoms with E-state index < -0.39 is 0 Å². The van der Waals surface area contributed by atoms with Crippen LogP contribution >= 0.6 is 0 Å². The van der Waals surface area contributed by atoms with E-state index in [-0.39, 0.29) is 11.2 Å². The number of hydrogen-bond acceptors (Lipinski definition) is 2. The SMILES string of the molecule is Cc1ccc(F)c2oc(CN)c(C(C)(C)C)c12. The second-order valence-corrected chi connectivity index (χ2v) is 5.42. The molecule has 0 amide bonds. The zero-order valence-corrected chi connectivity index (χ0v) is 10.7. The molecule has 0 fully saturated rings. The van der Waals surface area contributed by atoms with Crippen LogP contribution in [0.5, 0.6) is 0 Å². The number of furan rings is 1. The highest BCUT2D eigenvalue weighted by Crippen LogP contribution is 2.38. The number of benzene rings is 1. The molecule has 0 spiro atoms. The molecule has 0 saturated carbocycles. The Morgan fingerprint density at radius 1 is 1.29 bits per heavy atom. The van der Waals surface area contributed by atoms with Crippen LogP contribution < -0.4 is 5.73 Å². The summed E-state index contributed by atoms with van der Waals surface area (Å²) >= 11 is 0. The molecule has 17 heavy (non-hydrogen) atoms. The van der Waals surface area contributed by atoms with Crippen LogP contribution in [0.15, 0.2) is 16.5 Å². The van der Waals surface area contributed by atoms with Gasteiger partial charge >= 0.3 is 0 Å². The van der Waals surface area contributed by atoms with Crippen LogP contribution in [-0.2, 0) is 12.0 Å². The molecule has 1 aromatic heterocycles. The van der Waals surface area contributed by atoms with E-state index in [1.54, 1.807) is 6.07 Å². The minimum atomic E-state index is -0.323. The monoisotopic (exact) mass is 235 g/mol. The maximum Gasteiger partial charge on any atom is 0.170 e. The molecule has 2 rings (SSSR count). The number of nitrogens with two attached hydrogens (primary N) is 1. The molecule has 3 heteroatoms. The Hall–Kier alpha value is -1.35. The molecule has 2 nitrogen and oxygen atoms in total.